The van der Waals surface area contributed by atoms with Gasteiger partial charge in [-0.05, 0) is 27.7 Å². The number of aromatic nitrogens is 2. The predicted molar refractivity (Wildman–Crippen MR) is 63.5 cm³/mol. The molecule has 1 heterocycles. The first kappa shape index (κ1) is 13.2. The topological polar surface area (TPSA) is 86.9 Å². The van der Waals surface area contributed by atoms with Gasteiger partial charge in [0.15, 0.2) is 0 Å². The van der Waals surface area contributed by atoms with Crippen molar-refractivity contribution < 1.29 is 9.59 Å². The van der Waals surface area contributed by atoms with Crippen LogP contribution in [0, 0.1) is 6.92 Å². The minimum atomic E-state index is -0.570. The zero-order valence-electron chi connectivity index (χ0n) is 10.5. The molecule has 94 valence electrons. The van der Waals surface area contributed by atoms with E-state index in [1.807, 2.05) is 13.8 Å². The van der Waals surface area contributed by atoms with Crippen LogP contribution >= 0.6 is 0 Å². The Labute approximate surface area is 100 Å². The second kappa shape index (κ2) is 5.47. The van der Waals surface area contributed by atoms with Crippen LogP contribution < -0.4 is 10.6 Å². The SMILES string of the molecule is Cc1[nH]ncc1C(=O)NC(C)C(=O)NC(C)C. The van der Waals surface area contributed by atoms with Crippen molar-refractivity contribution in [1.29, 1.82) is 0 Å². The van der Waals surface area contributed by atoms with Crippen molar-refractivity contribution in [3.05, 3.63) is 17.5 Å². The predicted octanol–water partition coefficient (Wildman–Crippen LogP) is 0.361. The molecule has 0 radical (unpaired) electrons. The molecular formula is C11H18N4O2. The first-order valence-electron chi connectivity index (χ1n) is 5.53. The number of aromatic amines is 1. The van der Waals surface area contributed by atoms with Gasteiger partial charge in [0.05, 0.1) is 11.8 Å². The molecule has 1 aromatic heterocycles. The zero-order chi connectivity index (χ0) is 13.0. The maximum Gasteiger partial charge on any atom is 0.255 e. The molecule has 0 saturated carbocycles. The van der Waals surface area contributed by atoms with E-state index < -0.39 is 6.04 Å². The molecule has 0 aliphatic rings. The van der Waals surface area contributed by atoms with E-state index in [9.17, 15) is 9.59 Å². The molecule has 0 bridgehead atoms. The maximum absolute atomic E-state index is 11.8. The third-order valence-electron chi connectivity index (χ3n) is 2.25. The Morgan fingerprint density at radius 2 is 1.94 bits per heavy atom. The lowest BCUT2D eigenvalue weighted by Gasteiger charge is -2.15. The van der Waals surface area contributed by atoms with E-state index in [4.69, 9.17) is 0 Å². The Morgan fingerprint density at radius 1 is 1.29 bits per heavy atom. The Balaban J connectivity index is 2.57. The first-order valence-corrected chi connectivity index (χ1v) is 5.53. The largest absolute Gasteiger partial charge is 0.352 e. The van der Waals surface area contributed by atoms with Crippen LogP contribution in [0.2, 0.25) is 0 Å². The Kier molecular flexibility index (Phi) is 4.25. The molecule has 1 rings (SSSR count). The summed E-state index contributed by atoms with van der Waals surface area (Å²) in [5.74, 6) is -0.503. The third-order valence-corrected chi connectivity index (χ3v) is 2.25. The number of carbonyl (C=O) groups is 2. The Hall–Kier alpha value is -1.85. The van der Waals surface area contributed by atoms with Gasteiger partial charge in [0, 0.05) is 11.7 Å². The second-order valence-corrected chi connectivity index (χ2v) is 4.27. The van der Waals surface area contributed by atoms with Crippen molar-refractivity contribution in [3.63, 3.8) is 0 Å². The molecule has 1 unspecified atom stereocenters. The van der Waals surface area contributed by atoms with Crippen LogP contribution in [0.5, 0.6) is 0 Å². The van der Waals surface area contributed by atoms with Gasteiger partial charge >= 0.3 is 0 Å². The summed E-state index contributed by atoms with van der Waals surface area (Å²) in [6.07, 6.45) is 1.44. The number of amides is 2. The molecule has 0 aromatic carbocycles. The fraction of sp³-hybridized carbons (Fsp3) is 0.545. The number of carbonyl (C=O) groups excluding carboxylic acids is 2. The van der Waals surface area contributed by atoms with Crippen LogP contribution in [0.1, 0.15) is 36.8 Å². The maximum atomic E-state index is 11.8. The summed E-state index contributed by atoms with van der Waals surface area (Å²) in [5, 5.41) is 11.8. The highest BCUT2D eigenvalue weighted by atomic mass is 16.2. The molecule has 2 amide bonds. The molecule has 6 heteroatoms. The quantitative estimate of drug-likeness (QED) is 0.708. The molecule has 1 aromatic rings. The highest BCUT2D eigenvalue weighted by molar-refractivity contribution is 5.98. The van der Waals surface area contributed by atoms with E-state index >= 15 is 0 Å². The van der Waals surface area contributed by atoms with Gasteiger partial charge in [-0.25, -0.2) is 0 Å². The Morgan fingerprint density at radius 3 is 2.41 bits per heavy atom. The lowest BCUT2D eigenvalue weighted by atomic mass is 10.2. The van der Waals surface area contributed by atoms with Crippen molar-refractivity contribution in [2.24, 2.45) is 0 Å². The molecule has 1 atom stereocenters. The third kappa shape index (κ3) is 3.58. The summed E-state index contributed by atoms with van der Waals surface area (Å²) in [6, 6.07) is -0.517. The molecule has 0 aliphatic carbocycles. The van der Waals surface area contributed by atoms with Gasteiger partial charge in [0.25, 0.3) is 5.91 Å². The van der Waals surface area contributed by atoms with Crippen LogP contribution in [0.4, 0.5) is 0 Å². The average Bonchev–Trinajstić information content (AvgIpc) is 2.63. The molecule has 0 aliphatic heterocycles. The van der Waals surface area contributed by atoms with Gasteiger partial charge in [0.1, 0.15) is 6.04 Å². The highest BCUT2D eigenvalue weighted by Crippen LogP contribution is 2.02. The molecule has 17 heavy (non-hydrogen) atoms. The number of H-pyrrole nitrogens is 1. The molecule has 6 nitrogen and oxygen atoms in total. The van der Waals surface area contributed by atoms with Gasteiger partial charge in [-0.15, -0.1) is 0 Å². The van der Waals surface area contributed by atoms with E-state index in [1.165, 1.54) is 6.20 Å². The van der Waals surface area contributed by atoms with E-state index in [1.54, 1.807) is 13.8 Å². The second-order valence-electron chi connectivity index (χ2n) is 4.27. The highest BCUT2D eigenvalue weighted by Gasteiger charge is 2.18. The lowest BCUT2D eigenvalue weighted by Crippen LogP contribution is -2.46. The molecule has 0 saturated heterocycles. The van der Waals surface area contributed by atoms with Crippen LogP contribution in [-0.2, 0) is 4.79 Å². The number of nitrogens with one attached hydrogen (secondary N) is 3. The van der Waals surface area contributed by atoms with Gasteiger partial charge in [-0.1, -0.05) is 0 Å². The number of aryl methyl sites for hydroxylation is 1. The number of rotatable bonds is 4. The fourth-order valence-corrected chi connectivity index (χ4v) is 1.33. The van der Waals surface area contributed by atoms with Crippen molar-refractivity contribution in [3.8, 4) is 0 Å². The summed E-state index contributed by atoms with van der Waals surface area (Å²) < 4.78 is 0. The van der Waals surface area contributed by atoms with E-state index in [0.29, 0.717) is 11.3 Å². The van der Waals surface area contributed by atoms with Crippen molar-refractivity contribution in [1.82, 2.24) is 20.8 Å². The number of nitrogens with zero attached hydrogens (tertiary/aromatic N) is 1. The minimum Gasteiger partial charge on any atom is -0.352 e. The summed E-state index contributed by atoms with van der Waals surface area (Å²) in [7, 11) is 0. The van der Waals surface area contributed by atoms with Gasteiger partial charge < -0.3 is 10.6 Å². The summed E-state index contributed by atoms with van der Waals surface area (Å²) >= 11 is 0. The summed E-state index contributed by atoms with van der Waals surface area (Å²) in [5.41, 5.74) is 1.13. The number of hydrogen-bond donors (Lipinski definition) is 3. The normalized spacial score (nSPS) is 12.3. The number of hydrogen-bond acceptors (Lipinski definition) is 3. The van der Waals surface area contributed by atoms with Crippen LogP contribution in [0.15, 0.2) is 6.20 Å². The average molecular weight is 238 g/mol. The molecule has 3 N–H and O–H groups in total. The zero-order valence-corrected chi connectivity index (χ0v) is 10.5. The van der Waals surface area contributed by atoms with Crippen LogP contribution in [0.25, 0.3) is 0 Å². The van der Waals surface area contributed by atoms with Crippen molar-refractivity contribution in [2.45, 2.75) is 39.8 Å². The van der Waals surface area contributed by atoms with E-state index in [-0.39, 0.29) is 17.9 Å². The Bertz CT molecular complexity index is 411. The monoisotopic (exact) mass is 238 g/mol. The smallest absolute Gasteiger partial charge is 0.255 e. The first-order chi connectivity index (χ1) is 7.91. The molecule has 0 fully saturated rings. The van der Waals surface area contributed by atoms with Crippen molar-refractivity contribution in [2.75, 3.05) is 0 Å². The van der Waals surface area contributed by atoms with Gasteiger partial charge in [-0.2, -0.15) is 5.10 Å². The fourth-order valence-electron chi connectivity index (χ4n) is 1.33. The minimum absolute atomic E-state index is 0.0533. The van der Waals surface area contributed by atoms with E-state index in [2.05, 4.69) is 20.8 Å². The summed E-state index contributed by atoms with van der Waals surface area (Å²) in [4.78, 5) is 23.4. The molecule has 0 spiro atoms. The standard InChI is InChI=1S/C11H18N4O2/c1-6(2)13-10(16)8(4)14-11(17)9-5-12-15-7(9)3/h5-6,8H,1-4H3,(H,12,15)(H,13,16)(H,14,17). The van der Waals surface area contributed by atoms with E-state index in [0.717, 1.165) is 0 Å². The van der Waals surface area contributed by atoms with Crippen LogP contribution in [-0.4, -0.2) is 34.1 Å². The molecular weight excluding hydrogens is 220 g/mol. The van der Waals surface area contributed by atoms with Gasteiger partial charge in [0.2, 0.25) is 5.91 Å². The lowest BCUT2D eigenvalue weighted by molar-refractivity contribution is -0.123. The summed E-state index contributed by atoms with van der Waals surface area (Å²) in [6.45, 7) is 7.13. The van der Waals surface area contributed by atoms with Crippen molar-refractivity contribution >= 4 is 11.8 Å². The van der Waals surface area contributed by atoms with Gasteiger partial charge in [-0.3, -0.25) is 14.7 Å². The van der Waals surface area contributed by atoms with Crippen LogP contribution in [0.3, 0.4) is 0 Å².